The average molecular weight is 261 g/mol. The number of thiazole rings is 1. The molecule has 0 aliphatic heterocycles. The van der Waals surface area contributed by atoms with E-state index in [1.165, 1.54) is 35.1 Å². The highest BCUT2D eigenvalue weighted by molar-refractivity contribution is 7.13. The second kappa shape index (κ2) is 5.31. The highest BCUT2D eigenvalue weighted by Crippen LogP contribution is 2.19. The van der Waals surface area contributed by atoms with Gasteiger partial charge in [0.25, 0.3) is 0 Å². The van der Waals surface area contributed by atoms with E-state index in [9.17, 15) is 4.79 Å². The molecule has 3 nitrogen and oxygen atoms in total. The maximum absolute atomic E-state index is 11.3. The van der Waals surface area contributed by atoms with Gasteiger partial charge in [0.1, 0.15) is 4.88 Å². The average Bonchev–Trinajstić information content (AvgIpc) is 2.81. The molecule has 0 atom stereocenters. The van der Waals surface area contributed by atoms with Crippen LogP contribution in [0.15, 0.2) is 24.4 Å². The molecular formula is C14H15NO2S. The summed E-state index contributed by atoms with van der Waals surface area (Å²) in [5.74, 6) is -0.321. The molecule has 94 valence electrons. The minimum atomic E-state index is -0.321. The van der Waals surface area contributed by atoms with Gasteiger partial charge in [0.05, 0.1) is 18.3 Å². The number of hydrogen-bond donors (Lipinski definition) is 0. The third kappa shape index (κ3) is 2.76. The van der Waals surface area contributed by atoms with Crippen LogP contribution in [-0.4, -0.2) is 18.1 Å². The fourth-order valence-corrected chi connectivity index (χ4v) is 2.55. The van der Waals surface area contributed by atoms with Crippen LogP contribution in [0.2, 0.25) is 0 Å². The summed E-state index contributed by atoms with van der Waals surface area (Å²) in [6, 6.07) is 6.37. The van der Waals surface area contributed by atoms with Crippen molar-refractivity contribution in [3.05, 3.63) is 51.0 Å². The Balaban J connectivity index is 2.16. The molecule has 2 rings (SSSR count). The van der Waals surface area contributed by atoms with Crippen LogP contribution in [0.4, 0.5) is 0 Å². The van der Waals surface area contributed by atoms with E-state index in [-0.39, 0.29) is 5.97 Å². The first-order chi connectivity index (χ1) is 8.60. The largest absolute Gasteiger partial charge is 0.465 e. The molecular weight excluding hydrogens is 246 g/mol. The number of ether oxygens (including phenoxy) is 1. The summed E-state index contributed by atoms with van der Waals surface area (Å²) < 4.78 is 4.67. The lowest BCUT2D eigenvalue weighted by molar-refractivity contribution is 0.0606. The lowest BCUT2D eigenvalue weighted by Crippen LogP contribution is -1.96. The molecule has 2 aromatic rings. The van der Waals surface area contributed by atoms with E-state index >= 15 is 0 Å². The molecule has 0 fully saturated rings. The topological polar surface area (TPSA) is 39.2 Å². The van der Waals surface area contributed by atoms with Gasteiger partial charge >= 0.3 is 5.97 Å². The summed E-state index contributed by atoms with van der Waals surface area (Å²) >= 11 is 1.38. The fourth-order valence-electron chi connectivity index (χ4n) is 1.68. The van der Waals surface area contributed by atoms with Gasteiger partial charge in [-0.05, 0) is 30.5 Å². The van der Waals surface area contributed by atoms with Crippen molar-refractivity contribution in [3.8, 4) is 0 Å². The summed E-state index contributed by atoms with van der Waals surface area (Å²) in [6.45, 7) is 4.19. The van der Waals surface area contributed by atoms with E-state index in [1.807, 2.05) is 0 Å². The predicted molar refractivity (Wildman–Crippen MR) is 72.2 cm³/mol. The van der Waals surface area contributed by atoms with Crippen LogP contribution in [-0.2, 0) is 11.2 Å². The molecule has 0 N–H and O–H groups in total. The minimum Gasteiger partial charge on any atom is -0.465 e. The normalized spacial score (nSPS) is 10.4. The van der Waals surface area contributed by atoms with Crippen LogP contribution < -0.4 is 0 Å². The Bertz CT molecular complexity index is 575. The minimum absolute atomic E-state index is 0.321. The number of rotatable bonds is 3. The Morgan fingerprint density at radius 2 is 2.11 bits per heavy atom. The smallest absolute Gasteiger partial charge is 0.349 e. The molecule has 1 aromatic heterocycles. The Kier molecular flexibility index (Phi) is 3.77. The molecule has 0 aliphatic carbocycles. The van der Waals surface area contributed by atoms with Gasteiger partial charge in [-0.3, -0.25) is 0 Å². The molecule has 4 heteroatoms. The number of benzene rings is 1. The summed E-state index contributed by atoms with van der Waals surface area (Å²) in [5.41, 5.74) is 3.77. The Labute approximate surface area is 110 Å². The highest BCUT2D eigenvalue weighted by Gasteiger charge is 2.10. The van der Waals surface area contributed by atoms with Crippen molar-refractivity contribution in [2.75, 3.05) is 7.11 Å². The van der Waals surface area contributed by atoms with Crippen LogP contribution in [0.25, 0.3) is 0 Å². The zero-order chi connectivity index (χ0) is 13.1. The van der Waals surface area contributed by atoms with Gasteiger partial charge in [-0.2, -0.15) is 0 Å². The highest BCUT2D eigenvalue weighted by atomic mass is 32.1. The Hall–Kier alpha value is -1.68. The maximum atomic E-state index is 11.3. The van der Waals surface area contributed by atoms with Crippen LogP contribution in [0.1, 0.15) is 31.4 Å². The number of carbonyl (C=O) groups excluding carboxylic acids is 1. The summed E-state index contributed by atoms with van der Waals surface area (Å²) in [6.07, 6.45) is 2.33. The van der Waals surface area contributed by atoms with Gasteiger partial charge in [0, 0.05) is 6.42 Å². The second-order valence-electron chi connectivity index (χ2n) is 4.21. The first kappa shape index (κ1) is 12.8. The molecule has 1 aromatic carbocycles. The molecule has 0 spiro atoms. The van der Waals surface area contributed by atoms with Crippen LogP contribution in [0, 0.1) is 13.8 Å². The van der Waals surface area contributed by atoms with Crippen molar-refractivity contribution in [2.45, 2.75) is 20.3 Å². The molecule has 0 saturated carbocycles. The van der Waals surface area contributed by atoms with E-state index in [0.29, 0.717) is 4.88 Å². The van der Waals surface area contributed by atoms with Gasteiger partial charge in [-0.15, -0.1) is 11.3 Å². The number of aromatic nitrogens is 1. The van der Waals surface area contributed by atoms with Crippen molar-refractivity contribution in [1.29, 1.82) is 0 Å². The summed E-state index contributed by atoms with van der Waals surface area (Å²) in [4.78, 5) is 16.1. The molecule has 0 bridgehead atoms. The summed E-state index contributed by atoms with van der Waals surface area (Å²) in [7, 11) is 1.38. The number of hydrogen-bond acceptors (Lipinski definition) is 4. The molecule has 1 heterocycles. The number of methoxy groups -OCH3 is 1. The van der Waals surface area contributed by atoms with Gasteiger partial charge in [-0.25, -0.2) is 9.78 Å². The van der Waals surface area contributed by atoms with Crippen LogP contribution in [0.5, 0.6) is 0 Å². The van der Waals surface area contributed by atoms with E-state index < -0.39 is 0 Å². The van der Waals surface area contributed by atoms with E-state index in [0.717, 1.165) is 11.4 Å². The zero-order valence-electron chi connectivity index (χ0n) is 10.7. The maximum Gasteiger partial charge on any atom is 0.349 e. The fraction of sp³-hybridized carbons (Fsp3) is 0.286. The number of aryl methyl sites for hydroxylation is 2. The lowest BCUT2D eigenvalue weighted by atomic mass is 10.0. The van der Waals surface area contributed by atoms with Gasteiger partial charge < -0.3 is 4.74 Å². The van der Waals surface area contributed by atoms with Crippen molar-refractivity contribution in [2.24, 2.45) is 0 Å². The van der Waals surface area contributed by atoms with E-state index in [2.05, 4.69) is 41.8 Å². The third-order valence-electron chi connectivity index (χ3n) is 2.87. The van der Waals surface area contributed by atoms with Crippen LogP contribution in [0.3, 0.4) is 0 Å². The van der Waals surface area contributed by atoms with Crippen molar-refractivity contribution in [1.82, 2.24) is 4.98 Å². The standard InChI is InChI=1S/C14H15NO2S/c1-9-4-5-11(6-10(9)2)7-13-15-8-12(18-13)14(16)17-3/h4-6,8H,7H2,1-3H3. The predicted octanol–water partition coefficient (Wildman–Crippen LogP) is 3.14. The number of nitrogens with zero attached hydrogens (tertiary/aromatic N) is 1. The van der Waals surface area contributed by atoms with Crippen molar-refractivity contribution < 1.29 is 9.53 Å². The molecule has 18 heavy (non-hydrogen) atoms. The second-order valence-corrected chi connectivity index (χ2v) is 5.32. The molecule has 0 radical (unpaired) electrons. The quantitative estimate of drug-likeness (QED) is 0.797. The first-order valence-electron chi connectivity index (χ1n) is 5.69. The van der Waals surface area contributed by atoms with Gasteiger partial charge in [-0.1, -0.05) is 18.2 Å². The van der Waals surface area contributed by atoms with Crippen molar-refractivity contribution >= 4 is 17.3 Å². The van der Waals surface area contributed by atoms with Crippen molar-refractivity contribution in [3.63, 3.8) is 0 Å². The molecule has 0 saturated heterocycles. The number of esters is 1. The molecule has 0 amide bonds. The third-order valence-corrected chi connectivity index (χ3v) is 3.84. The number of carbonyl (C=O) groups is 1. The molecule has 0 aliphatic rings. The molecule has 0 unspecified atom stereocenters. The van der Waals surface area contributed by atoms with Gasteiger partial charge in [0.15, 0.2) is 0 Å². The SMILES string of the molecule is COC(=O)c1cnc(Cc2ccc(C)c(C)c2)s1. The lowest BCUT2D eigenvalue weighted by Gasteiger charge is -2.03. The van der Waals surface area contributed by atoms with Gasteiger partial charge in [0.2, 0.25) is 0 Å². The van der Waals surface area contributed by atoms with E-state index in [1.54, 1.807) is 6.20 Å². The monoisotopic (exact) mass is 261 g/mol. The summed E-state index contributed by atoms with van der Waals surface area (Å²) in [5, 5.41) is 0.929. The van der Waals surface area contributed by atoms with E-state index in [4.69, 9.17) is 0 Å². The zero-order valence-corrected chi connectivity index (χ0v) is 11.5. The Morgan fingerprint density at radius 3 is 2.78 bits per heavy atom. The Morgan fingerprint density at radius 1 is 1.33 bits per heavy atom. The van der Waals surface area contributed by atoms with Crippen LogP contribution >= 0.6 is 11.3 Å². The first-order valence-corrected chi connectivity index (χ1v) is 6.51.